The van der Waals surface area contributed by atoms with Gasteiger partial charge in [0.15, 0.2) is 0 Å². The summed E-state index contributed by atoms with van der Waals surface area (Å²) in [5.41, 5.74) is 9.13. The molecular formula is C46H67Cl2N5O13S2. The second-order valence-corrected chi connectivity index (χ2v) is 20.1. The third kappa shape index (κ3) is 20.6. The molecule has 18 nitrogen and oxygen atoms in total. The number of nitrogens with zero attached hydrogens (tertiary/aromatic N) is 2. The minimum Gasteiger partial charge on any atom is -0.496 e. The summed E-state index contributed by atoms with van der Waals surface area (Å²) in [6, 6.07) is 14.4. The van der Waals surface area contributed by atoms with Gasteiger partial charge in [-0.1, -0.05) is 47.5 Å². The van der Waals surface area contributed by atoms with E-state index in [1.807, 2.05) is 45.0 Å². The van der Waals surface area contributed by atoms with Crippen LogP contribution < -0.4 is 26.4 Å². The summed E-state index contributed by atoms with van der Waals surface area (Å²) in [6.45, 7) is 10.3. The van der Waals surface area contributed by atoms with E-state index < -0.39 is 32.6 Å². The number of ether oxygens (including phenoxy) is 8. The van der Waals surface area contributed by atoms with Crippen LogP contribution in [0.5, 0.6) is 11.5 Å². The summed E-state index contributed by atoms with van der Waals surface area (Å²) in [5.74, 6) is 6.11. The molecule has 3 aromatic carbocycles. The van der Waals surface area contributed by atoms with E-state index in [-0.39, 0.29) is 17.9 Å². The van der Waals surface area contributed by atoms with Crippen molar-refractivity contribution in [3.05, 3.63) is 87.7 Å². The molecule has 68 heavy (non-hydrogen) atoms. The van der Waals surface area contributed by atoms with Crippen LogP contribution >= 0.6 is 35.8 Å². The number of amides is 1. The maximum absolute atomic E-state index is 12.1. The van der Waals surface area contributed by atoms with Gasteiger partial charge in [-0.3, -0.25) is 4.79 Å². The van der Waals surface area contributed by atoms with Crippen LogP contribution in [-0.2, 0) is 61.1 Å². The lowest BCUT2D eigenvalue weighted by Gasteiger charge is -2.31. The second-order valence-electron chi connectivity index (χ2n) is 16.3. The first-order valence-electron chi connectivity index (χ1n) is 21.7. The Morgan fingerprint density at radius 2 is 1.47 bits per heavy atom. The van der Waals surface area contributed by atoms with Gasteiger partial charge in [0, 0.05) is 42.9 Å². The number of halogens is 2. The number of carbonyl (C=O) groups excluding carboxylic acids is 1. The molecule has 22 heteroatoms. The van der Waals surface area contributed by atoms with Gasteiger partial charge in [0.05, 0.1) is 102 Å². The van der Waals surface area contributed by atoms with Crippen molar-refractivity contribution >= 4 is 58.2 Å². The fourth-order valence-electron chi connectivity index (χ4n) is 6.57. The zero-order chi connectivity index (χ0) is 50.3. The Hall–Kier alpha value is -3.90. The zero-order valence-corrected chi connectivity index (χ0v) is 42.8. The summed E-state index contributed by atoms with van der Waals surface area (Å²) in [4.78, 5) is 21.6. The van der Waals surface area contributed by atoms with E-state index in [2.05, 4.69) is 17.9 Å². The lowest BCUT2D eigenvalue weighted by atomic mass is 9.98. The van der Waals surface area contributed by atoms with Crippen molar-refractivity contribution in [3.8, 4) is 22.6 Å². The maximum Gasteiger partial charge on any atom is 0.326 e. The fourth-order valence-corrected chi connectivity index (χ4v) is 9.01. The Labute approximate surface area is 415 Å². The van der Waals surface area contributed by atoms with Crippen LogP contribution in [0.3, 0.4) is 0 Å². The molecule has 0 radical (unpaired) electrons. The van der Waals surface area contributed by atoms with Crippen LogP contribution in [0.2, 0.25) is 10.0 Å². The highest BCUT2D eigenvalue weighted by Crippen LogP contribution is 2.40. The van der Waals surface area contributed by atoms with Crippen LogP contribution in [0.1, 0.15) is 44.7 Å². The van der Waals surface area contributed by atoms with Gasteiger partial charge in [-0.2, -0.15) is 4.31 Å². The van der Waals surface area contributed by atoms with E-state index in [9.17, 15) is 23.1 Å². The van der Waals surface area contributed by atoms with Crippen molar-refractivity contribution in [3.63, 3.8) is 0 Å². The molecule has 380 valence electrons. The topological polar surface area (TPSA) is 233 Å². The largest absolute Gasteiger partial charge is 0.496 e. The first-order chi connectivity index (χ1) is 32.2. The number of hydrogen-bond acceptors (Lipinski definition) is 16. The number of thiol groups is 1. The molecule has 1 aliphatic heterocycles. The smallest absolute Gasteiger partial charge is 0.326 e. The monoisotopic (exact) mass is 1030 g/mol. The van der Waals surface area contributed by atoms with Crippen LogP contribution in [0.15, 0.2) is 71.4 Å². The normalized spacial score (nSPS) is 14.6. The molecule has 2 atom stereocenters. The lowest BCUT2D eigenvalue weighted by molar-refractivity contribution is -0.140. The summed E-state index contributed by atoms with van der Waals surface area (Å²) in [5, 5.41) is 13.7. The molecular weight excluding hydrogens is 966 g/mol. The number of benzene rings is 3. The van der Waals surface area contributed by atoms with Crippen molar-refractivity contribution < 1.29 is 61.0 Å². The highest BCUT2D eigenvalue weighted by Gasteiger charge is 2.28. The Morgan fingerprint density at radius 1 is 0.882 bits per heavy atom. The standard InChI is InChI=1S/C36H56N4O11S.C10H11Cl2NO2S/c1-35(2,23-51-36(3,52)24-44-4)50-12-11-40(38)20-29(37)22-49-16-14-47-13-15-48-21-27-18-31(45-5)33(32(19-27)46-6)28-9-7-26(8-10-28)17-30(34(42)43)39-25-41;11-8-5-9(12)7-10(6-8)16(14,15)13-3-1-2-4-13/h7-10,18-20,25,30,52H,11-17,21-24,37-38H2,1-6H3,(H,39,41)(H,42,43);5-7H,1-4H2/b29-20-;. The van der Waals surface area contributed by atoms with Crippen LogP contribution in [0, 0.1) is 0 Å². The Kier molecular flexibility index (Phi) is 25.2. The molecule has 1 fully saturated rings. The van der Waals surface area contributed by atoms with Gasteiger partial charge in [0.1, 0.15) is 22.5 Å². The molecule has 4 rings (SSSR count). The molecule has 3 aromatic rings. The van der Waals surface area contributed by atoms with Gasteiger partial charge in [0.2, 0.25) is 16.4 Å². The number of rotatable bonds is 30. The highest BCUT2D eigenvalue weighted by molar-refractivity contribution is 7.89. The molecule has 1 aliphatic rings. The van der Waals surface area contributed by atoms with Gasteiger partial charge in [0.25, 0.3) is 0 Å². The number of sulfonamides is 1. The van der Waals surface area contributed by atoms with Crippen LogP contribution in [0.4, 0.5) is 0 Å². The van der Waals surface area contributed by atoms with E-state index >= 15 is 0 Å². The van der Waals surface area contributed by atoms with Crippen LogP contribution in [-0.4, -0.2) is 146 Å². The minimum atomic E-state index is -3.42. The Balaban J connectivity index is 0.000000637. The molecule has 0 aromatic heterocycles. The van der Waals surface area contributed by atoms with Crippen LogP contribution in [0.25, 0.3) is 11.1 Å². The second kappa shape index (κ2) is 29.3. The Morgan fingerprint density at radius 3 is 2.03 bits per heavy atom. The van der Waals surface area contributed by atoms with E-state index in [4.69, 9.17) is 72.7 Å². The average molecular weight is 1030 g/mol. The molecule has 0 aliphatic carbocycles. The summed E-state index contributed by atoms with van der Waals surface area (Å²) in [6.07, 6.45) is 3.96. The maximum atomic E-state index is 12.1. The number of nitrogens with two attached hydrogens (primary N) is 2. The van der Waals surface area contributed by atoms with Crippen molar-refractivity contribution in [2.24, 2.45) is 11.6 Å². The predicted molar refractivity (Wildman–Crippen MR) is 263 cm³/mol. The average Bonchev–Trinajstić information content (AvgIpc) is 3.84. The van der Waals surface area contributed by atoms with E-state index in [0.717, 1.165) is 35.1 Å². The summed E-state index contributed by atoms with van der Waals surface area (Å²) < 4.78 is 70.9. The summed E-state index contributed by atoms with van der Waals surface area (Å²) >= 11 is 16.0. The molecule has 0 bridgehead atoms. The van der Waals surface area contributed by atoms with Gasteiger partial charge in [-0.15, -0.1) is 12.6 Å². The van der Waals surface area contributed by atoms with E-state index in [0.29, 0.717) is 106 Å². The molecule has 0 saturated carbocycles. The first-order valence-corrected chi connectivity index (χ1v) is 24.3. The van der Waals surface area contributed by atoms with Gasteiger partial charge < -0.3 is 59.1 Å². The van der Waals surface area contributed by atoms with Crippen molar-refractivity contribution in [1.29, 1.82) is 0 Å². The lowest BCUT2D eigenvalue weighted by Crippen LogP contribution is -2.39. The number of nitrogens with one attached hydrogen (secondary N) is 1. The highest BCUT2D eigenvalue weighted by atomic mass is 35.5. The number of carbonyl (C=O) groups is 2. The zero-order valence-electron chi connectivity index (χ0n) is 39.5. The molecule has 0 spiro atoms. The Bertz CT molecular complexity index is 2120. The molecule has 2 unspecified atom stereocenters. The number of methoxy groups -OCH3 is 3. The number of carboxylic acids is 1. The quantitative estimate of drug-likeness (QED) is 0.0138. The minimum absolute atomic E-state index is 0.150. The van der Waals surface area contributed by atoms with Crippen molar-refractivity contribution in [2.75, 3.05) is 93.8 Å². The molecule has 1 heterocycles. The fraction of sp³-hybridized carbons (Fsp3) is 0.522. The SMILES string of the molecule is COCC(C)(S)OCC(C)(C)OCCN(N)/C=C(\N)COCCOCCOCc1cc(OC)c(-c2ccc(CC(NC=O)C(=O)O)cc2)c(OC)c1.O=S(=O)(c1cc(Cl)cc(Cl)c1)N1CCCC1. The number of hydrazine groups is 1. The number of carboxylic acid groups (broad SMARTS) is 1. The van der Waals surface area contributed by atoms with Crippen molar-refractivity contribution in [1.82, 2.24) is 14.6 Å². The molecule has 1 amide bonds. The number of hydrogen-bond donors (Lipinski definition) is 5. The van der Waals surface area contributed by atoms with Gasteiger partial charge in [-0.05, 0) is 80.6 Å². The van der Waals surface area contributed by atoms with Crippen molar-refractivity contribution in [2.45, 2.75) is 68.1 Å². The molecule has 6 N–H and O–H groups in total. The third-order valence-corrected chi connectivity index (χ3v) is 12.5. The van der Waals surface area contributed by atoms with E-state index in [1.165, 1.54) is 27.5 Å². The summed E-state index contributed by atoms with van der Waals surface area (Å²) in [7, 11) is 1.32. The molecule has 1 saturated heterocycles. The van der Waals surface area contributed by atoms with E-state index in [1.54, 1.807) is 39.7 Å². The van der Waals surface area contributed by atoms with Gasteiger partial charge in [-0.25, -0.2) is 19.1 Å². The predicted octanol–water partition coefficient (Wildman–Crippen LogP) is 5.52. The number of aliphatic carboxylic acids is 1. The first kappa shape index (κ1) is 58.4. The third-order valence-electron chi connectivity index (χ3n) is 9.95. The van der Waals surface area contributed by atoms with Gasteiger partial charge >= 0.3 is 5.97 Å².